The van der Waals surface area contributed by atoms with Crippen LogP contribution >= 0.6 is 15.9 Å². The van der Waals surface area contributed by atoms with Gasteiger partial charge in [-0.3, -0.25) is 0 Å². The van der Waals surface area contributed by atoms with Crippen molar-refractivity contribution in [3.05, 3.63) is 28.0 Å². The number of nitriles is 1. The lowest BCUT2D eigenvalue weighted by Crippen LogP contribution is -2.44. The van der Waals surface area contributed by atoms with E-state index >= 15 is 0 Å². The zero-order chi connectivity index (χ0) is 14.5. The minimum atomic E-state index is -0.346. The minimum Gasteiger partial charge on any atom is -0.368 e. The molecule has 0 aromatic heterocycles. The maximum atomic E-state index is 14.4. The number of piperidine rings is 1. The van der Waals surface area contributed by atoms with Crippen molar-refractivity contribution in [3.8, 4) is 6.07 Å². The van der Waals surface area contributed by atoms with Gasteiger partial charge in [0.05, 0.1) is 15.7 Å². The molecule has 1 heterocycles. The Bertz CT molecular complexity index is 507. The van der Waals surface area contributed by atoms with Gasteiger partial charge in [-0.05, 0) is 54.4 Å². The van der Waals surface area contributed by atoms with Crippen LogP contribution < -0.4 is 10.2 Å². The Hall–Kier alpha value is -1.12. The Morgan fingerprint density at radius 2 is 2.30 bits per heavy atom. The Morgan fingerprint density at radius 3 is 2.90 bits per heavy atom. The highest BCUT2D eigenvalue weighted by atomic mass is 79.9. The molecule has 1 unspecified atom stereocenters. The van der Waals surface area contributed by atoms with Gasteiger partial charge in [0.15, 0.2) is 5.82 Å². The lowest BCUT2D eigenvalue weighted by molar-refractivity contribution is 0.399. The first kappa shape index (κ1) is 15.3. The maximum Gasteiger partial charge on any atom is 0.161 e. The topological polar surface area (TPSA) is 39.1 Å². The van der Waals surface area contributed by atoms with Crippen LogP contribution in [0, 0.1) is 17.1 Å². The van der Waals surface area contributed by atoms with Crippen molar-refractivity contribution < 1.29 is 4.39 Å². The lowest BCUT2D eigenvalue weighted by Gasteiger charge is -2.31. The van der Waals surface area contributed by atoms with Crippen molar-refractivity contribution in [2.45, 2.75) is 32.2 Å². The molecule has 0 aliphatic carbocycles. The second-order valence-corrected chi connectivity index (χ2v) is 5.85. The molecule has 0 amide bonds. The van der Waals surface area contributed by atoms with Gasteiger partial charge in [-0.2, -0.15) is 5.26 Å². The number of rotatable bonds is 4. The summed E-state index contributed by atoms with van der Waals surface area (Å²) in [7, 11) is 0. The summed E-state index contributed by atoms with van der Waals surface area (Å²) in [5, 5.41) is 12.4. The molecule has 1 aliphatic rings. The lowest BCUT2D eigenvalue weighted by atomic mass is 10.0. The molecule has 108 valence electrons. The van der Waals surface area contributed by atoms with E-state index < -0.39 is 0 Å². The molecule has 5 heteroatoms. The van der Waals surface area contributed by atoms with Crippen LogP contribution in [0.2, 0.25) is 0 Å². The quantitative estimate of drug-likeness (QED) is 0.913. The van der Waals surface area contributed by atoms with Crippen molar-refractivity contribution in [1.29, 1.82) is 5.26 Å². The predicted molar refractivity (Wildman–Crippen MR) is 82.3 cm³/mol. The molecule has 1 fully saturated rings. The Balaban J connectivity index is 2.19. The second-order valence-electron chi connectivity index (χ2n) is 5.06. The average molecular weight is 340 g/mol. The maximum absolute atomic E-state index is 14.4. The molecule has 2 rings (SSSR count). The van der Waals surface area contributed by atoms with E-state index in [1.165, 1.54) is 12.8 Å². The van der Waals surface area contributed by atoms with Crippen LogP contribution in [-0.2, 0) is 0 Å². The predicted octanol–water partition coefficient (Wildman–Crippen LogP) is 3.43. The van der Waals surface area contributed by atoms with Gasteiger partial charge in [-0.1, -0.05) is 6.42 Å². The second kappa shape index (κ2) is 7.05. The first-order valence-corrected chi connectivity index (χ1v) is 7.83. The summed E-state index contributed by atoms with van der Waals surface area (Å²) in [5.41, 5.74) is 0.892. The highest BCUT2D eigenvalue weighted by molar-refractivity contribution is 9.10. The van der Waals surface area contributed by atoms with Crippen molar-refractivity contribution in [2.24, 2.45) is 0 Å². The van der Waals surface area contributed by atoms with E-state index in [0.717, 1.165) is 26.1 Å². The fourth-order valence-corrected chi connectivity index (χ4v) is 3.04. The van der Waals surface area contributed by atoms with E-state index in [0.29, 0.717) is 17.3 Å². The summed E-state index contributed by atoms with van der Waals surface area (Å²) in [6.45, 7) is 4.61. The van der Waals surface area contributed by atoms with Crippen molar-refractivity contribution >= 4 is 21.6 Å². The molecule has 1 aromatic rings. The molecular weight excluding hydrogens is 321 g/mol. The molecule has 0 radical (unpaired) electrons. The van der Waals surface area contributed by atoms with Gasteiger partial charge in [0.25, 0.3) is 0 Å². The molecule has 3 nitrogen and oxygen atoms in total. The largest absolute Gasteiger partial charge is 0.368 e. The van der Waals surface area contributed by atoms with Crippen molar-refractivity contribution in [3.63, 3.8) is 0 Å². The van der Waals surface area contributed by atoms with E-state index in [2.05, 4.69) is 21.2 Å². The number of nitrogens with zero attached hydrogens (tertiary/aromatic N) is 2. The molecule has 0 spiro atoms. The summed E-state index contributed by atoms with van der Waals surface area (Å²) >= 11 is 3.17. The number of anilines is 1. The Kier molecular flexibility index (Phi) is 5.38. The monoisotopic (exact) mass is 339 g/mol. The number of halogens is 2. The van der Waals surface area contributed by atoms with E-state index in [4.69, 9.17) is 5.26 Å². The van der Waals surface area contributed by atoms with Gasteiger partial charge in [-0.15, -0.1) is 0 Å². The molecule has 20 heavy (non-hydrogen) atoms. The summed E-state index contributed by atoms with van der Waals surface area (Å²) in [5.74, 6) is -0.346. The third-order valence-corrected chi connectivity index (χ3v) is 4.53. The zero-order valence-corrected chi connectivity index (χ0v) is 13.2. The first-order valence-electron chi connectivity index (χ1n) is 7.03. The molecule has 1 aromatic carbocycles. The van der Waals surface area contributed by atoms with E-state index in [9.17, 15) is 4.39 Å². The standard InChI is InChI=1S/C15H19BrFN3/c1-2-20(10-12-5-3-4-8-19-12)13-7-6-11(9-18)14(16)15(13)17/h6-7,12,19H,2-5,8,10H2,1H3. The molecule has 0 saturated carbocycles. The van der Waals surface area contributed by atoms with Gasteiger partial charge in [0, 0.05) is 19.1 Å². The number of hydrogen-bond donors (Lipinski definition) is 1. The van der Waals surface area contributed by atoms with Crippen LogP contribution in [0.4, 0.5) is 10.1 Å². The minimum absolute atomic E-state index is 0.257. The van der Waals surface area contributed by atoms with Crippen LogP contribution in [0.1, 0.15) is 31.7 Å². The highest BCUT2D eigenvalue weighted by Gasteiger charge is 2.20. The summed E-state index contributed by atoms with van der Waals surface area (Å²) < 4.78 is 14.6. The molecule has 1 N–H and O–H groups in total. The summed E-state index contributed by atoms with van der Waals surface area (Å²) in [6.07, 6.45) is 3.59. The molecule has 1 saturated heterocycles. The fourth-order valence-electron chi connectivity index (χ4n) is 2.61. The fraction of sp³-hybridized carbons (Fsp3) is 0.533. The van der Waals surface area contributed by atoms with Crippen LogP contribution in [0.25, 0.3) is 0 Å². The zero-order valence-electron chi connectivity index (χ0n) is 11.6. The van der Waals surface area contributed by atoms with E-state index in [1.54, 1.807) is 12.1 Å². The first-order chi connectivity index (χ1) is 9.67. The number of hydrogen-bond acceptors (Lipinski definition) is 3. The number of likely N-dealkylation sites (N-methyl/N-ethyl adjacent to an activating group) is 1. The highest BCUT2D eigenvalue weighted by Crippen LogP contribution is 2.29. The Morgan fingerprint density at radius 1 is 1.50 bits per heavy atom. The SMILES string of the molecule is CCN(CC1CCCCN1)c1ccc(C#N)c(Br)c1F. The van der Waals surface area contributed by atoms with Crippen LogP contribution in [-0.4, -0.2) is 25.7 Å². The third-order valence-electron chi connectivity index (χ3n) is 3.76. The summed E-state index contributed by atoms with van der Waals surface area (Å²) in [4.78, 5) is 2.03. The normalized spacial score (nSPS) is 18.6. The number of benzene rings is 1. The van der Waals surface area contributed by atoms with Gasteiger partial charge < -0.3 is 10.2 Å². The number of nitrogens with one attached hydrogen (secondary N) is 1. The van der Waals surface area contributed by atoms with Crippen LogP contribution in [0.5, 0.6) is 0 Å². The van der Waals surface area contributed by atoms with Crippen molar-refractivity contribution in [2.75, 3.05) is 24.5 Å². The van der Waals surface area contributed by atoms with Crippen LogP contribution in [0.3, 0.4) is 0 Å². The van der Waals surface area contributed by atoms with Crippen LogP contribution in [0.15, 0.2) is 16.6 Å². The molecule has 0 bridgehead atoms. The van der Waals surface area contributed by atoms with Gasteiger partial charge >= 0.3 is 0 Å². The average Bonchev–Trinajstić information content (AvgIpc) is 2.49. The molecule has 1 atom stereocenters. The third kappa shape index (κ3) is 3.31. The van der Waals surface area contributed by atoms with E-state index in [1.807, 2.05) is 17.9 Å². The smallest absolute Gasteiger partial charge is 0.161 e. The van der Waals surface area contributed by atoms with E-state index in [-0.39, 0.29) is 10.3 Å². The van der Waals surface area contributed by atoms with Crippen molar-refractivity contribution in [1.82, 2.24) is 5.32 Å². The van der Waals surface area contributed by atoms with Gasteiger partial charge in [0.1, 0.15) is 6.07 Å². The Labute approximate surface area is 127 Å². The summed E-state index contributed by atoms with van der Waals surface area (Å²) in [6, 6.07) is 5.76. The van der Waals surface area contributed by atoms with Gasteiger partial charge in [0.2, 0.25) is 0 Å². The molecule has 1 aliphatic heterocycles. The van der Waals surface area contributed by atoms with Gasteiger partial charge in [-0.25, -0.2) is 4.39 Å². The molecular formula is C15H19BrFN3.